The number of nitrogens with zero attached hydrogens (tertiary/aromatic N) is 1. The van der Waals surface area contributed by atoms with Crippen LogP contribution in [0.25, 0.3) is 10.9 Å². The van der Waals surface area contributed by atoms with E-state index in [-0.39, 0.29) is 23.1 Å². The zero-order chi connectivity index (χ0) is 22.2. The molecule has 0 spiro atoms. The number of hydrogen-bond acceptors (Lipinski definition) is 4. The summed E-state index contributed by atoms with van der Waals surface area (Å²) < 4.78 is 0. The lowest BCUT2D eigenvalue weighted by molar-refractivity contribution is -0.130. The molecule has 0 radical (unpaired) electrons. The van der Waals surface area contributed by atoms with Gasteiger partial charge in [0.15, 0.2) is 0 Å². The Bertz CT molecular complexity index is 1210. The summed E-state index contributed by atoms with van der Waals surface area (Å²) in [7, 11) is 0. The Morgan fingerprint density at radius 3 is 2.84 bits per heavy atom. The minimum Gasteiger partial charge on any atom is -0.361 e. The Morgan fingerprint density at radius 2 is 1.97 bits per heavy atom. The number of nitrogens with one attached hydrogen (secondary N) is 3. The molecule has 7 nitrogen and oxygen atoms in total. The third kappa shape index (κ3) is 3.54. The van der Waals surface area contributed by atoms with Gasteiger partial charge in [-0.3, -0.25) is 14.4 Å². The number of thioether (sulfide) groups is 1. The molecule has 164 valence electrons. The van der Waals surface area contributed by atoms with Gasteiger partial charge in [0, 0.05) is 35.0 Å². The maximum absolute atomic E-state index is 12.9. The Labute approximate surface area is 189 Å². The average molecular weight is 449 g/mol. The second-order valence-corrected chi connectivity index (χ2v) is 9.25. The van der Waals surface area contributed by atoms with E-state index in [0.29, 0.717) is 24.3 Å². The molecule has 5 rings (SSSR count). The fourth-order valence-electron chi connectivity index (χ4n) is 4.43. The summed E-state index contributed by atoms with van der Waals surface area (Å²) in [6.45, 7) is 2.14. The van der Waals surface area contributed by atoms with E-state index in [9.17, 15) is 14.4 Å². The summed E-state index contributed by atoms with van der Waals surface area (Å²) >= 11 is 1.59. The van der Waals surface area contributed by atoms with Gasteiger partial charge in [0.1, 0.15) is 17.5 Å². The minimum atomic E-state index is -0.686. The zero-order valence-electron chi connectivity index (χ0n) is 17.6. The summed E-state index contributed by atoms with van der Waals surface area (Å²) in [5, 5.41) is 6.70. The van der Waals surface area contributed by atoms with Crippen molar-refractivity contribution in [3.05, 3.63) is 71.4 Å². The molecule has 2 aliphatic heterocycles. The molecule has 3 heterocycles. The van der Waals surface area contributed by atoms with Gasteiger partial charge in [-0.25, -0.2) is 0 Å². The molecule has 0 aliphatic carbocycles. The van der Waals surface area contributed by atoms with Gasteiger partial charge in [-0.15, -0.1) is 11.8 Å². The van der Waals surface area contributed by atoms with E-state index in [4.69, 9.17) is 0 Å². The van der Waals surface area contributed by atoms with Crippen LogP contribution in [0.3, 0.4) is 0 Å². The average Bonchev–Trinajstić information content (AvgIpc) is 3.49. The Morgan fingerprint density at radius 1 is 1.19 bits per heavy atom. The van der Waals surface area contributed by atoms with Gasteiger partial charge in [0.05, 0.1) is 0 Å². The predicted octanol–water partition coefficient (Wildman–Crippen LogP) is 2.60. The van der Waals surface area contributed by atoms with Crippen LogP contribution in [0, 0.1) is 0 Å². The molecule has 3 N–H and O–H groups in total. The molecular weight excluding hydrogens is 424 g/mol. The summed E-state index contributed by atoms with van der Waals surface area (Å²) in [6, 6.07) is 14.3. The highest BCUT2D eigenvalue weighted by molar-refractivity contribution is 7.99. The third-order valence-corrected chi connectivity index (χ3v) is 7.42. The second kappa shape index (κ2) is 8.35. The van der Waals surface area contributed by atoms with E-state index in [1.165, 1.54) is 0 Å². The number of aromatic amines is 1. The number of rotatable bonds is 6. The van der Waals surface area contributed by atoms with Crippen molar-refractivity contribution in [2.75, 3.05) is 12.3 Å². The highest BCUT2D eigenvalue weighted by Gasteiger charge is 2.48. The second-order valence-electron chi connectivity index (χ2n) is 8.13. The first kappa shape index (κ1) is 20.6. The lowest BCUT2D eigenvalue weighted by atomic mass is 10.1. The molecule has 1 saturated heterocycles. The Balaban J connectivity index is 1.15. The fraction of sp³-hybridized carbons (Fsp3) is 0.292. The number of carbonyl (C=O) groups is 3. The van der Waals surface area contributed by atoms with Gasteiger partial charge >= 0.3 is 0 Å². The molecular formula is C24H24N4O3S. The van der Waals surface area contributed by atoms with E-state index >= 15 is 0 Å². The van der Waals surface area contributed by atoms with Crippen molar-refractivity contribution in [3.63, 3.8) is 0 Å². The molecule has 2 aliphatic rings. The van der Waals surface area contributed by atoms with Crippen LogP contribution >= 0.6 is 11.8 Å². The lowest BCUT2D eigenvalue weighted by Gasteiger charge is -2.24. The van der Waals surface area contributed by atoms with Crippen LogP contribution in [-0.2, 0) is 16.0 Å². The van der Waals surface area contributed by atoms with Gasteiger partial charge in [0.2, 0.25) is 11.8 Å². The number of amides is 3. The van der Waals surface area contributed by atoms with Gasteiger partial charge < -0.3 is 20.5 Å². The van der Waals surface area contributed by atoms with Crippen molar-refractivity contribution in [3.8, 4) is 0 Å². The van der Waals surface area contributed by atoms with Crippen molar-refractivity contribution < 1.29 is 14.4 Å². The minimum absolute atomic E-state index is 0.119. The van der Waals surface area contributed by atoms with Crippen LogP contribution in [0.1, 0.15) is 33.8 Å². The SMILES string of the molecule is CC(NC(=O)C1CSC2c3ccccc3C(=O)N12)C(=O)NCCc1c[nH]c2ccccc12. The summed E-state index contributed by atoms with van der Waals surface area (Å²) in [4.78, 5) is 43.1. The van der Waals surface area contributed by atoms with Crippen LogP contribution in [0.15, 0.2) is 54.7 Å². The van der Waals surface area contributed by atoms with Gasteiger partial charge in [-0.1, -0.05) is 36.4 Å². The standard InChI is InChI=1S/C24H24N4O3S/c1-14(21(29)25-11-10-15-12-26-19-9-5-4-6-16(15)19)27-22(30)20-13-32-24-18-8-3-2-7-17(18)23(31)28(20)24/h2-9,12,14,20,24,26H,10-11,13H2,1H3,(H,25,29)(H,27,30). The molecule has 2 aromatic carbocycles. The van der Waals surface area contributed by atoms with Crippen LogP contribution in [-0.4, -0.2) is 52.0 Å². The van der Waals surface area contributed by atoms with E-state index < -0.39 is 12.1 Å². The van der Waals surface area contributed by atoms with Crippen LogP contribution in [0.5, 0.6) is 0 Å². The number of fused-ring (bicyclic) bond motifs is 4. The lowest BCUT2D eigenvalue weighted by Crippen LogP contribution is -2.52. The zero-order valence-corrected chi connectivity index (χ0v) is 18.4. The van der Waals surface area contributed by atoms with Crippen molar-refractivity contribution in [1.29, 1.82) is 0 Å². The normalized spacial score (nSPS) is 20.2. The summed E-state index contributed by atoms with van der Waals surface area (Å²) in [5.41, 5.74) is 3.82. The largest absolute Gasteiger partial charge is 0.361 e. The van der Waals surface area contributed by atoms with Crippen LogP contribution in [0.2, 0.25) is 0 Å². The first-order valence-electron chi connectivity index (χ1n) is 10.7. The van der Waals surface area contributed by atoms with Crippen molar-refractivity contribution in [2.45, 2.75) is 30.8 Å². The summed E-state index contributed by atoms with van der Waals surface area (Å²) in [6.07, 6.45) is 2.65. The maximum atomic E-state index is 12.9. The first-order chi connectivity index (χ1) is 15.5. The predicted molar refractivity (Wildman–Crippen MR) is 124 cm³/mol. The fourth-order valence-corrected chi connectivity index (χ4v) is 5.89. The topological polar surface area (TPSA) is 94.3 Å². The molecule has 0 bridgehead atoms. The molecule has 32 heavy (non-hydrogen) atoms. The molecule has 3 amide bonds. The molecule has 3 unspecified atom stereocenters. The van der Waals surface area contributed by atoms with E-state index in [1.54, 1.807) is 29.7 Å². The molecule has 3 aromatic rings. The van der Waals surface area contributed by atoms with E-state index in [0.717, 1.165) is 22.0 Å². The molecule has 0 saturated carbocycles. The maximum Gasteiger partial charge on any atom is 0.256 e. The Hall–Kier alpha value is -3.26. The van der Waals surface area contributed by atoms with Crippen molar-refractivity contribution in [2.24, 2.45) is 0 Å². The highest BCUT2D eigenvalue weighted by atomic mass is 32.2. The highest BCUT2D eigenvalue weighted by Crippen LogP contribution is 2.48. The van der Waals surface area contributed by atoms with Gasteiger partial charge in [-0.2, -0.15) is 0 Å². The number of para-hydroxylation sites is 1. The number of H-pyrrole nitrogens is 1. The van der Waals surface area contributed by atoms with Crippen LogP contribution < -0.4 is 10.6 Å². The summed E-state index contributed by atoms with van der Waals surface area (Å²) in [5.74, 6) is -0.130. The van der Waals surface area contributed by atoms with Crippen molar-refractivity contribution >= 4 is 40.4 Å². The Kier molecular flexibility index (Phi) is 5.38. The first-order valence-corrected chi connectivity index (χ1v) is 11.8. The number of carbonyl (C=O) groups excluding carboxylic acids is 3. The smallest absolute Gasteiger partial charge is 0.256 e. The number of benzene rings is 2. The van der Waals surface area contributed by atoms with E-state index in [2.05, 4.69) is 21.7 Å². The van der Waals surface area contributed by atoms with E-state index in [1.807, 2.05) is 42.6 Å². The van der Waals surface area contributed by atoms with Crippen molar-refractivity contribution in [1.82, 2.24) is 20.5 Å². The quantitative estimate of drug-likeness (QED) is 0.540. The van der Waals surface area contributed by atoms with Gasteiger partial charge in [0.25, 0.3) is 5.91 Å². The van der Waals surface area contributed by atoms with Gasteiger partial charge in [-0.05, 0) is 36.6 Å². The molecule has 3 atom stereocenters. The molecule has 1 fully saturated rings. The monoisotopic (exact) mass is 448 g/mol. The van der Waals surface area contributed by atoms with Crippen LogP contribution in [0.4, 0.5) is 0 Å². The number of aromatic nitrogens is 1. The molecule has 8 heteroatoms. The number of hydrogen-bond donors (Lipinski definition) is 3. The molecule has 1 aromatic heterocycles. The third-order valence-electron chi connectivity index (χ3n) is 6.12.